The fraction of sp³-hybridized carbons (Fsp3) is 0.750. The summed E-state index contributed by atoms with van der Waals surface area (Å²) in [7, 11) is -1.37. The Balaban J connectivity index is 2.00. The first kappa shape index (κ1) is 14.5. The Morgan fingerprint density at radius 1 is 1.47 bits per heavy atom. The lowest BCUT2D eigenvalue weighted by Gasteiger charge is -2.22. The van der Waals surface area contributed by atoms with Crippen LogP contribution in [0.5, 0.6) is 0 Å². The second-order valence-electron chi connectivity index (χ2n) is 4.94. The number of aryl methyl sites for hydroxylation is 2. The van der Waals surface area contributed by atoms with E-state index >= 15 is 0 Å². The monoisotopic (exact) mass is 286 g/mol. The normalized spacial score (nSPS) is 17.8. The molecule has 0 saturated carbocycles. The van der Waals surface area contributed by atoms with E-state index in [4.69, 9.17) is 0 Å². The molecule has 1 aliphatic heterocycles. The van der Waals surface area contributed by atoms with Crippen molar-refractivity contribution >= 4 is 10.0 Å². The number of rotatable bonds is 5. The highest BCUT2D eigenvalue weighted by molar-refractivity contribution is 7.90. The Bertz CT molecular complexity index is 518. The maximum absolute atomic E-state index is 12.2. The first-order valence-electron chi connectivity index (χ1n) is 6.73. The highest BCUT2D eigenvalue weighted by Crippen LogP contribution is 2.13. The largest absolute Gasteiger partial charge is 0.317 e. The second-order valence-corrected chi connectivity index (χ2v) is 6.99. The minimum atomic E-state index is -3.22. The topological polar surface area (TPSA) is 76.0 Å². The molecule has 1 aliphatic rings. The van der Waals surface area contributed by atoms with Gasteiger partial charge in [0.2, 0.25) is 10.0 Å². The molecule has 0 atom stereocenters. The van der Waals surface area contributed by atoms with Gasteiger partial charge in [0.15, 0.2) is 0 Å². The SMILES string of the molecule is CCc1nn(C)cc1CNS(=O)(=O)C1CCNCC1. The second kappa shape index (κ2) is 6.02. The molecule has 2 rings (SSSR count). The van der Waals surface area contributed by atoms with Crippen LogP contribution in [0.4, 0.5) is 0 Å². The van der Waals surface area contributed by atoms with Crippen LogP contribution in [0.25, 0.3) is 0 Å². The molecule has 19 heavy (non-hydrogen) atoms. The summed E-state index contributed by atoms with van der Waals surface area (Å²) < 4.78 is 28.9. The first-order valence-corrected chi connectivity index (χ1v) is 8.28. The van der Waals surface area contributed by atoms with Gasteiger partial charge in [-0.05, 0) is 32.4 Å². The smallest absolute Gasteiger partial charge is 0.214 e. The summed E-state index contributed by atoms with van der Waals surface area (Å²) in [6, 6.07) is 0. The van der Waals surface area contributed by atoms with Gasteiger partial charge in [-0.25, -0.2) is 13.1 Å². The molecule has 0 aromatic carbocycles. The third-order valence-electron chi connectivity index (χ3n) is 3.52. The van der Waals surface area contributed by atoms with Crippen molar-refractivity contribution in [2.45, 2.75) is 38.0 Å². The van der Waals surface area contributed by atoms with E-state index in [0.717, 1.165) is 30.8 Å². The molecule has 2 N–H and O–H groups in total. The number of sulfonamides is 1. The van der Waals surface area contributed by atoms with Gasteiger partial charge in [-0.2, -0.15) is 5.10 Å². The van der Waals surface area contributed by atoms with Gasteiger partial charge in [-0.15, -0.1) is 0 Å². The summed E-state index contributed by atoms with van der Waals surface area (Å²) in [5.74, 6) is 0. The molecule has 1 aromatic heterocycles. The number of hydrogen-bond acceptors (Lipinski definition) is 4. The summed E-state index contributed by atoms with van der Waals surface area (Å²) in [4.78, 5) is 0. The van der Waals surface area contributed by atoms with E-state index in [2.05, 4.69) is 15.1 Å². The van der Waals surface area contributed by atoms with E-state index in [-0.39, 0.29) is 5.25 Å². The van der Waals surface area contributed by atoms with Crippen LogP contribution in [-0.4, -0.2) is 36.5 Å². The van der Waals surface area contributed by atoms with Crippen LogP contribution in [-0.2, 0) is 30.0 Å². The lowest BCUT2D eigenvalue weighted by atomic mass is 10.2. The highest BCUT2D eigenvalue weighted by Gasteiger charge is 2.26. The van der Waals surface area contributed by atoms with Crippen LogP contribution < -0.4 is 10.0 Å². The zero-order valence-electron chi connectivity index (χ0n) is 11.5. The molecule has 7 heteroatoms. The standard InChI is InChI=1S/C12H22N4O2S/c1-3-12-10(9-16(2)15-12)8-14-19(17,18)11-4-6-13-7-5-11/h9,11,13-14H,3-8H2,1-2H3. The van der Waals surface area contributed by atoms with Crippen LogP contribution in [0, 0.1) is 0 Å². The minimum Gasteiger partial charge on any atom is -0.317 e. The van der Waals surface area contributed by atoms with Crippen LogP contribution in [0.15, 0.2) is 6.20 Å². The summed E-state index contributed by atoms with van der Waals surface area (Å²) in [6.07, 6.45) is 4.06. The molecule has 0 spiro atoms. The number of piperidine rings is 1. The van der Waals surface area contributed by atoms with Crippen molar-refractivity contribution in [3.8, 4) is 0 Å². The number of aromatic nitrogens is 2. The molecule has 0 bridgehead atoms. The molecular formula is C12H22N4O2S. The van der Waals surface area contributed by atoms with E-state index < -0.39 is 10.0 Å². The van der Waals surface area contributed by atoms with Gasteiger partial charge in [0.05, 0.1) is 10.9 Å². The lowest BCUT2D eigenvalue weighted by molar-refractivity contribution is 0.489. The molecule has 0 radical (unpaired) electrons. The van der Waals surface area contributed by atoms with Gasteiger partial charge >= 0.3 is 0 Å². The molecule has 2 heterocycles. The molecule has 1 fully saturated rings. The maximum Gasteiger partial charge on any atom is 0.214 e. The molecule has 1 aromatic rings. The summed E-state index contributed by atoms with van der Waals surface area (Å²) in [5.41, 5.74) is 1.91. The maximum atomic E-state index is 12.2. The first-order chi connectivity index (χ1) is 9.03. The lowest BCUT2D eigenvalue weighted by Crippen LogP contribution is -2.41. The van der Waals surface area contributed by atoms with Crippen molar-refractivity contribution in [2.24, 2.45) is 7.05 Å². The third kappa shape index (κ3) is 3.55. The Hall–Kier alpha value is -0.920. The van der Waals surface area contributed by atoms with Crippen molar-refractivity contribution in [2.75, 3.05) is 13.1 Å². The minimum absolute atomic E-state index is 0.268. The molecule has 0 unspecified atom stereocenters. The van der Waals surface area contributed by atoms with Gasteiger partial charge in [-0.1, -0.05) is 6.92 Å². The molecule has 0 aliphatic carbocycles. The predicted molar refractivity (Wildman–Crippen MR) is 74.2 cm³/mol. The average Bonchev–Trinajstić information content (AvgIpc) is 2.78. The van der Waals surface area contributed by atoms with Gasteiger partial charge in [-0.3, -0.25) is 4.68 Å². The fourth-order valence-electron chi connectivity index (χ4n) is 2.43. The van der Waals surface area contributed by atoms with Crippen LogP contribution >= 0.6 is 0 Å². The van der Waals surface area contributed by atoms with Crippen molar-refractivity contribution in [3.05, 3.63) is 17.5 Å². The average molecular weight is 286 g/mol. The fourth-order valence-corrected chi connectivity index (χ4v) is 3.88. The van der Waals surface area contributed by atoms with Crippen LogP contribution in [0.1, 0.15) is 31.0 Å². The van der Waals surface area contributed by atoms with Crippen molar-refractivity contribution in [3.63, 3.8) is 0 Å². The number of nitrogens with one attached hydrogen (secondary N) is 2. The van der Waals surface area contributed by atoms with Gasteiger partial charge < -0.3 is 5.32 Å². The van der Waals surface area contributed by atoms with Crippen LogP contribution in [0.2, 0.25) is 0 Å². The Morgan fingerprint density at radius 2 is 2.16 bits per heavy atom. The molecule has 1 saturated heterocycles. The molecule has 6 nitrogen and oxygen atoms in total. The zero-order chi connectivity index (χ0) is 13.9. The van der Waals surface area contributed by atoms with Gasteiger partial charge in [0.25, 0.3) is 0 Å². The summed E-state index contributed by atoms with van der Waals surface area (Å²) in [5, 5.41) is 7.22. The summed E-state index contributed by atoms with van der Waals surface area (Å²) in [6.45, 7) is 3.91. The van der Waals surface area contributed by atoms with Crippen molar-refractivity contribution in [1.29, 1.82) is 0 Å². The number of hydrogen-bond donors (Lipinski definition) is 2. The Labute approximate surface area is 114 Å². The molecular weight excluding hydrogens is 264 g/mol. The highest BCUT2D eigenvalue weighted by atomic mass is 32.2. The van der Waals surface area contributed by atoms with Crippen molar-refractivity contribution in [1.82, 2.24) is 19.8 Å². The van der Waals surface area contributed by atoms with Crippen LogP contribution in [0.3, 0.4) is 0 Å². The predicted octanol–water partition coefficient (Wildman–Crippen LogP) is 0.154. The van der Waals surface area contributed by atoms with E-state index in [9.17, 15) is 8.42 Å². The molecule has 0 amide bonds. The van der Waals surface area contributed by atoms with E-state index in [0.29, 0.717) is 19.4 Å². The Kier molecular flexibility index (Phi) is 4.59. The van der Waals surface area contributed by atoms with E-state index in [1.165, 1.54) is 0 Å². The van der Waals surface area contributed by atoms with E-state index in [1.807, 2.05) is 20.2 Å². The van der Waals surface area contributed by atoms with Gasteiger partial charge in [0, 0.05) is 25.4 Å². The number of nitrogens with zero attached hydrogens (tertiary/aromatic N) is 2. The zero-order valence-corrected chi connectivity index (χ0v) is 12.3. The van der Waals surface area contributed by atoms with Gasteiger partial charge in [0.1, 0.15) is 0 Å². The Morgan fingerprint density at radius 3 is 2.79 bits per heavy atom. The quantitative estimate of drug-likeness (QED) is 0.808. The summed E-state index contributed by atoms with van der Waals surface area (Å²) >= 11 is 0. The van der Waals surface area contributed by atoms with Crippen molar-refractivity contribution < 1.29 is 8.42 Å². The molecule has 108 valence electrons. The van der Waals surface area contributed by atoms with E-state index in [1.54, 1.807) is 4.68 Å². The third-order valence-corrected chi connectivity index (χ3v) is 5.41.